The number of carbonyl (C=O) groups excluding carboxylic acids is 1. The number of carbonyl (C=O) groups is 1. The van der Waals surface area contributed by atoms with E-state index >= 15 is 0 Å². The molecule has 1 N–H and O–H groups in total. The Hall–Kier alpha value is -2.44. The van der Waals surface area contributed by atoms with Gasteiger partial charge >= 0.3 is 6.03 Å². The predicted octanol–water partition coefficient (Wildman–Crippen LogP) is 3.71. The fourth-order valence-corrected chi connectivity index (χ4v) is 4.15. The van der Waals surface area contributed by atoms with Crippen LogP contribution < -0.4 is 5.32 Å². The zero-order chi connectivity index (χ0) is 21.5. The lowest BCUT2D eigenvalue weighted by Gasteiger charge is -2.34. The second-order valence-corrected chi connectivity index (χ2v) is 8.67. The number of nitrogens with one attached hydrogen (secondary N) is 1. The molecule has 0 radical (unpaired) electrons. The molecule has 2 amide bonds. The zero-order valence-electron chi connectivity index (χ0n) is 18.2. The molecule has 0 aromatic heterocycles. The molecule has 2 fully saturated rings. The van der Waals surface area contributed by atoms with E-state index in [0.717, 1.165) is 64.1 Å². The van der Waals surface area contributed by atoms with Crippen molar-refractivity contribution in [2.45, 2.75) is 38.4 Å². The first-order valence-corrected chi connectivity index (χ1v) is 11.4. The Morgan fingerprint density at radius 3 is 2.29 bits per heavy atom. The molecule has 0 spiro atoms. The van der Waals surface area contributed by atoms with E-state index in [1.54, 1.807) is 12.1 Å². The Morgan fingerprint density at radius 1 is 0.935 bits per heavy atom. The van der Waals surface area contributed by atoms with Crippen molar-refractivity contribution in [3.8, 4) is 0 Å². The minimum Gasteiger partial charge on any atom is -0.338 e. The van der Waals surface area contributed by atoms with Gasteiger partial charge in [0.25, 0.3) is 0 Å². The fraction of sp³-hybridized carbons (Fsp3) is 0.480. The van der Waals surface area contributed by atoms with Gasteiger partial charge in [-0.05, 0) is 49.1 Å². The summed E-state index contributed by atoms with van der Waals surface area (Å²) in [7, 11) is 0. The Bertz CT molecular complexity index is 817. The minimum atomic E-state index is -0.243. The third kappa shape index (κ3) is 6.77. The van der Waals surface area contributed by atoms with E-state index < -0.39 is 0 Å². The molecule has 5 nitrogen and oxygen atoms in total. The molecule has 31 heavy (non-hydrogen) atoms. The summed E-state index contributed by atoms with van der Waals surface area (Å²) >= 11 is 0. The van der Waals surface area contributed by atoms with Crippen LogP contribution in [0, 0.1) is 5.82 Å². The van der Waals surface area contributed by atoms with E-state index in [2.05, 4.69) is 45.4 Å². The largest absolute Gasteiger partial charge is 0.338 e. The van der Waals surface area contributed by atoms with Crippen LogP contribution in [0.3, 0.4) is 0 Å². The molecule has 2 aliphatic rings. The maximum Gasteiger partial charge on any atom is 0.317 e. The summed E-state index contributed by atoms with van der Waals surface area (Å²) in [6, 6.07) is 17.4. The molecule has 1 aliphatic heterocycles. The van der Waals surface area contributed by atoms with Crippen LogP contribution in [0.25, 0.3) is 0 Å². The van der Waals surface area contributed by atoms with Crippen molar-refractivity contribution in [1.29, 1.82) is 0 Å². The lowest BCUT2D eigenvalue weighted by molar-refractivity contribution is 0.126. The van der Waals surface area contributed by atoms with E-state index in [9.17, 15) is 9.18 Å². The first-order chi connectivity index (χ1) is 15.2. The molecular formula is C25H33FN4O. The summed E-state index contributed by atoms with van der Waals surface area (Å²) in [5.41, 5.74) is 2.34. The van der Waals surface area contributed by atoms with E-state index in [1.165, 1.54) is 17.7 Å². The topological polar surface area (TPSA) is 38.8 Å². The number of urea groups is 1. The molecule has 1 saturated carbocycles. The number of hydrogen-bond acceptors (Lipinski definition) is 3. The first-order valence-electron chi connectivity index (χ1n) is 11.4. The molecule has 1 heterocycles. The van der Waals surface area contributed by atoms with E-state index in [4.69, 9.17) is 0 Å². The van der Waals surface area contributed by atoms with Gasteiger partial charge in [-0.3, -0.25) is 4.90 Å². The summed E-state index contributed by atoms with van der Waals surface area (Å²) < 4.78 is 13.1. The third-order valence-electron chi connectivity index (χ3n) is 6.16. The molecule has 6 heteroatoms. The zero-order valence-corrected chi connectivity index (χ0v) is 18.2. The minimum absolute atomic E-state index is 0.000458. The quantitative estimate of drug-likeness (QED) is 0.624. The fourth-order valence-electron chi connectivity index (χ4n) is 4.15. The number of benzene rings is 2. The molecule has 0 atom stereocenters. The highest BCUT2D eigenvalue weighted by Gasteiger charge is 2.32. The van der Waals surface area contributed by atoms with Crippen LogP contribution in [0.1, 0.15) is 30.4 Å². The van der Waals surface area contributed by atoms with Crippen molar-refractivity contribution < 1.29 is 9.18 Å². The van der Waals surface area contributed by atoms with Gasteiger partial charge in [0.05, 0.1) is 0 Å². The normalized spacial score (nSPS) is 17.5. The highest BCUT2D eigenvalue weighted by Crippen LogP contribution is 2.28. The van der Waals surface area contributed by atoms with Crippen LogP contribution in [0.2, 0.25) is 0 Å². The number of rotatable bonds is 9. The van der Waals surface area contributed by atoms with Crippen molar-refractivity contribution >= 4 is 6.03 Å². The number of piperazine rings is 1. The van der Waals surface area contributed by atoms with E-state index in [-0.39, 0.29) is 11.8 Å². The second-order valence-electron chi connectivity index (χ2n) is 8.67. The lowest BCUT2D eigenvalue weighted by atomic mass is 10.2. The van der Waals surface area contributed by atoms with Gasteiger partial charge in [-0.2, -0.15) is 0 Å². The average molecular weight is 425 g/mol. The number of amides is 2. The summed E-state index contributed by atoms with van der Waals surface area (Å²) in [4.78, 5) is 19.6. The Kier molecular flexibility index (Phi) is 7.54. The van der Waals surface area contributed by atoms with Crippen molar-refractivity contribution in [3.05, 3.63) is 71.5 Å². The Labute approximate surface area is 184 Å². The highest BCUT2D eigenvalue weighted by molar-refractivity contribution is 5.74. The number of hydrogen-bond donors (Lipinski definition) is 1. The van der Waals surface area contributed by atoms with Gasteiger partial charge in [0.15, 0.2) is 0 Å². The Balaban J connectivity index is 1.13. The molecule has 166 valence electrons. The van der Waals surface area contributed by atoms with Crippen LogP contribution in [-0.4, -0.2) is 66.0 Å². The van der Waals surface area contributed by atoms with Crippen LogP contribution in [-0.2, 0) is 13.1 Å². The SMILES string of the molecule is O=C(NCCCN1CCN(Cc2ccccc2)CC1)N(Cc1ccc(F)cc1)C1CC1. The average Bonchev–Trinajstić information content (AvgIpc) is 3.63. The third-order valence-corrected chi connectivity index (χ3v) is 6.16. The van der Waals surface area contributed by atoms with Crippen LogP contribution in [0.5, 0.6) is 0 Å². The van der Waals surface area contributed by atoms with Crippen molar-refractivity contribution in [3.63, 3.8) is 0 Å². The first kappa shape index (κ1) is 21.8. The van der Waals surface area contributed by atoms with Crippen molar-refractivity contribution in [2.75, 3.05) is 39.3 Å². The monoisotopic (exact) mass is 424 g/mol. The maximum absolute atomic E-state index is 13.1. The van der Waals surface area contributed by atoms with Gasteiger partial charge in [0.1, 0.15) is 5.82 Å². The van der Waals surface area contributed by atoms with Gasteiger partial charge in [0, 0.05) is 51.9 Å². The highest BCUT2D eigenvalue weighted by atomic mass is 19.1. The number of halogens is 1. The summed E-state index contributed by atoms with van der Waals surface area (Å²) in [5.74, 6) is -0.243. The standard InChI is InChI=1S/C25H33FN4O/c26-23-9-7-22(8-10-23)20-30(24-11-12-24)25(31)27-13-4-14-28-15-17-29(18-16-28)19-21-5-2-1-3-6-21/h1-3,5-10,24H,4,11-20H2,(H,27,31). The molecule has 2 aromatic carbocycles. The lowest BCUT2D eigenvalue weighted by Crippen LogP contribution is -2.47. The number of nitrogens with zero attached hydrogens (tertiary/aromatic N) is 3. The summed E-state index contributed by atoms with van der Waals surface area (Å²) in [6.45, 7) is 7.62. The van der Waals surface area contributed by atoms with Crippen molar-refractivity contribution in [1.82, 2.24) is 20.0 Å². The van der Waals surface area contributed by atoms with Crippen LogP contribution in [0.15, 0.2) is 54.6 Å². The molecule has 1 aliphatic carbocycles. The maximum atomic E-state index is 13.1. The van der Waals surface area contributed by atoms with Crippen LogP contribution >= 0.6 is 0 Å². The van der Waals surface area contributed by atoms with Gasteiger partial charge < -0.3 is 15.1 Å². The summed E-state index contributed by atoms with van der Waals surface area (Å²) in [5, 5.41) is 3.09. The molecule has 2 aromatic rings. The van der Waals surface area contributed by atoms with Gasteiger partial charge in [0.2, 0.25) is 0 Å². The molecule has 4 rings (SSSR count). The Morgan fingerprint density at radius 2 is 1.61 bits per heavy atom. The molecule has 0 unspecified atom stereocenters. The molecular weight excluding hydrogens is 391 g/mol. The van der Waals surface area contributed by atoms with E-state index in [0.29, 0.717) is 19.1 Å². The van der Waals surface area contributed by atoms with Gasteiger partial charge in [-0.1, -0.05) is 42.5 Å². The van der Waals surface area contributed by atoms with Gasteiger partial charge in [-0.15, -0.1) is 0 Å². The molecule has 0 bridgehead atoms. The van der Waals surface area contributed by atoms with Crippen LogP contribution in [0.4, 0.5) is 9.18 Å². The van der Waals surface area contributed by atoms with Gasteiger partial charge in [-0.25, -0.2) is 9.18 Å². The predicted molar refractivity (Wildman–Crippen MR) is 121 cm³/mol. The smallest absolute Gasteiger partial charge is 0.317 e. The molecule has 1 saturated heterocycles. The second kappa shape index (κ2) is 10.7. The van der Waals surface area contributed by atoms with E-state index in [1.807, 2.05) is 4.90 Å². The van der Waals surface area contributed by atoms with Crippen molar-refractivity contribution in [2.24, 2.45) is 0 Å². The summed E-state index contributed by atoms with van der Waals surface area (Å²) in [6.07, 6.45) is 3.07.